The van der Waals surface area contributed by atoms with E-state index in [2.05, 4.69) is 86.4 Å². The number of benzene rings is 2. The van der Waals surface area contributed by atoms with Crippen molar-refractivity contribution >= 4 is 33.8 Å². The maximum absolute atomic E-state index is 10.3. The maximum atomic E-state index is 10.3. The van der Waals surface area contributed by atoms with Crippen LogP contribution in [0.2, 0.25) is 0 Å². The molecule has 192 valence electrons. The molecule has 0 spiro atoms. The Morgan fingerprint density at radius 2 is 1.86 bits per heavy atom. The van der Waals surface area contributed by atoms with E-state index >= 15 is 0 Å². The van der Waals surface area contributed by atoms with Gasteiger partial charge in [0.25, 0.3) is 0 Å². The van der Waals surface area contributed by atoms with Crippen LogP contribution in [0.15, 0.2) is 61.6 Å². The Kier molecular flexibility index (Phi) is 7.07. The lowest BCUT2D eigenvalue weighted by Gasteiger charge is -2.36. The summed E-state index contributed by atoms with van der Waals surface area (Å²) in [6, 6.07) is 12.4. The largest absolute Gasteiger partial charge is 0.370 e. The number of aromatic nitrogens is 4. The standard InChI is InChI=1S/C28H34N8O/c1-5-19-14-26(36-11-9-34(3)10-12-36)24(33-28(37)6-2)15-23(19)32-27-16-22(29-18-30-27)20-7-8-25-21(13-20)17-31-35(25)4/h6-8,13-18,28,33,37H,2,5,9-12H2,1,3-4H3,(H,29,30,32). The quantitative estimate of drug-likeness (QED) is 0.248. The number of rotatable bonds is 8. The zero-order valence-electron chi connectivity index (χ0n) is 21.6. The van der Waals surface area contributed by atoms with E-state index in [0.717, 1.165) is 71.8 Å². The minimum atomic E-state index is -0.848. The first-order valence-corrected chi connectivity index (χ1v) is 12.6. The molecular weight excluding hydrogens is 464 g/mol. The van der Waals surface area contributed by atoms with Gasteiger partial charge in [-0.15, -0.1) is 0 Å². The molecule has 9 heteroatoms. The lowest BCUT2D eigenvalue weighted by molar-refractivity contribution is 0.253. The molecule has 1 fully saturated rings. The van der Waals surface area contributed by atoms with Gasteiger partial charge in [0.15, 0.2) is 0 Å². The van der Waals surface area contributed by atoms with Crippen LogP contribution < -0.4 is 15.5 Å². The third kappa shape index (κ3) is 5.28. The van der Waals surface area contributed by atoms with Crippen molar-refractivity contribution in [1.29, 1.82) is 0 Å². The molecule has 4 aromatic rings. The van der Waals surface area contributed by atoms with Gasteiger partial charge in [-0.05, 0) is 49.4 Å². The Labute approximate surface area is 217 Å². The van der Waals surface area contributed by atoms with Crippen molar-refractivity contribution in [2.24, 2.45) is 7.05 Å². The van der Waals surface area contributed by atoms with Crippen LogP contribution >= 0.6 is 0 Å². The van der Waals surface area contributed by atoms with Gasteiger partial charge in [-0.2, -0.15) is 5.10 Å². The minimum Gasteiger partial charge on any atom is -0.370 e. The summed E-state index contributed by atoms with van der Waals surface area (Å²) in [5.41, 5.74) is 6.96. The van der Waals surface area contributed by atoms with Gasteiger partial charge in [-0.1, -0.05) is 19.6 Å². The fraction of sp³-hybridized carbons (Fsp3) is 0.321. The number of aliphatic hydroxyl groups is 1. The summed E-state index contributed by atoms with van der Waals surface area (Å²) in [4.78, 5) is 13.7. The lowest BCUT2D eigenvalue weighted by Crippen LogP contribution is -2.44. The predicted molar refractivity (Wildman–Crippen MR) is 150 cm³/mol. The molecule has 0 saturated carbocycles. The highest BCUT2D eigenvalue weighted by Gasteiger charge is 2.20. The molecule has 2 aromatic carbocycles. The van der Waals surface area contributed by atoms with Crippen LogP contribution in [0.3, 0.4) is 0 Å². The van der Waals surface area contributed by atoms with E-state index in [-0.39, 0.29) is 0 Å². The third-order valence-corrected chi connectivity index (χ3v) is 6.94. The summed E-state index contributed by atoms with van der Waals surface area (Å²) in [7, 11) is 4.08. The van der Waals surface area contributed by atoms with E-state index in [4.69, 9.17) is 0 Å². The number of piperazine rings is 1. The van der Waals surface area contributed by atoms with Crippen molar-refractivity contribution in [2.75, 3.05) is 48.8 Å². The molecule has 1 atom stereocenters. The molecule has 0 bridgehead atoms. The molecule has 1 unspecified atom stereocenters. The molecule has 0 radical (unpaired) electrons. The molecule has 1 saturated heterocycles. The molecule has 1 aliphatic heterocycles. The molecule has 1 aliphatic rings. The number of fused-ring (bicyclic) bond motifs is 1. The average molecular weight is 499 g/mol. The smallest absolute Gasteiger partial charge is 0.143 e. The van der Waals surface area contributed by atoms with Gasteiger partial charge in [-0.25, -0.2) is 9.97 Å². The molecule has 2 aromatic heterocycles. The SMILES string of the molecule is C=CC(O)Nc1cc(Nc2cc(-c3ccc4c(cnn4C)c3)ncn2)c(CC)cc1N1CCN(C)CC1. The summed E-state index contributed by atoms with van der Waals surface area (Å²) in [6.07, 6.45) is 4.93. The van der Waals surface area contributed by atoms with Crippen molar-refractivity contribution in [2.45, 2.75) is 19.6 Å². The van der Waals surface area contributed by atoms with E-state index in [1.54, 1.807) is 6.33 Å². The summed E-state index contributed by atoms with van der Waals surface area (Å²) in [6.45, 7) is 9.73. The van der Waals surface area contributed by atoms with E-state index in [1.807, 2.05) is 24.0 Å². The van der Waals surface area contributed by atoms with Crippen molar-refractivity contribution in [3.63, 3.8) is 0 Å². The summed E-state index contributed by atoms with van der Waals surface area (Å²) in [5.74, 6) is 0.702. The molecule has 3 heterocycles. The first kappa shape index (κ1) is 24.7. The fourth-order valence-corrected chi connectivity index (χ4v) is 4.73. The number of aryl methyl sites for hydroxylation is 2. The Hall–Kier alpha value is -3.95. The third-order valence-electron chi connectivity index (χ3n) is 6.94. The predicted octanol–water partition coefficient (Wildman–Crippen LogP) is 4.00. The van der Waals surface area contributed by atoms with Gasteiger partial charge in [0.2, 0.25) is 0 Å². The van der Waals surface area contributed by atoms with Crippen LogP contribution in [0.4, 0.5) is 22.9 Å². The van der Waals surface area contributed by atoms with E-state index in [9.17, 15) is 5.11 Å². The van der Waals surface area contributed by atoms with E-state index in [0.29, 0.717) is 5.82 Å². The fourth-order valence-electron chi connectivity index (χ4n) is 4.73. The highest BCUT2D eigenvalue weighted by molar-refractivity contribution is 5.84. The summed E-state index contributed by atoms with van der Waals surface area (Å²) >= 11 is 0. The zero-order valence-corrected chi connectivity index (χ0v) is 21.6. The number of nitrogens with one attached hydrogen (secondary N) is 2. The molecule has 0 aliphatic carbocycles. The van der Waals surface area contributed by atoms with E-state index < -0.39 is 6.23 Å². The molecule has 37 heavy (non-hydrogen) atoms. The number of anilines is 4. The van der Waals surface area contributed by atoms with Crippen molar-refractivity contribution in [3.05, 3.63) is 67.1 Å². The molecule has 5 rings (SSSR count). The monoisotopic (exact) mass is 498 g/mol. The zero-order chi connectivity index (χ0) is 25.9. The Morgan fingerprint density at radius 1 is 1.05 bits per heavy atom. The lowest BCUT2D eigenvalue weighted by atomic mass is 10.1. The molecule has 3 N–H and O–H groups in total. The van der Waals surface area contributed by atoms with Crippen molar-refractivity contribution < 1.29 is 5.11 Å². The van der Waals surface area contributed by atoms with Crippen LogP contribution in [0.1, 0.15) is 12.5 Å². The van der Waals surface area contributed by atoms with Gasteiger partial charge in [0.05, 0.1) is 28.8 Å². The highest BCUT2D eigenvalue weighted by atomic mass is 16.3. The maximum Gasteiger partial charge on any atom is 0.143 e. The second-order valence-corrected chi connectivity index (χ2v) is 9.45. The topological polar surface area (TPSA) is 94.4 Å². The highest BCUT2D eigenvalue weighted by Crippen LogP contribution is 2.35. The number of aliphatic hydroxyl groups excluding tert-OH is 1. The van der Waals surface area contributed by atoms with Crippen molar-refractivity contribution in [1.82, 2.24) is 24.6 Å². The Balaban J connectivity index is 1.47. The van der Waals surface area contributed by atoms with Gasteiger partial charge in [-0.3, -0.25) is 4.68 Å². The van der Waals surface area contributed by atoms with E-state index in [1.165, 1.54) is 11.6 Å². The van der Waals surface area contributed by atoms with Crippen LogP contribution in [-0.4, -0.2) is 69.2 Å². The van der Waals surface area contributed by atoms with Gasteiger partial charge in [0.1, 0.15) is 18.4 Å². The Bertz CT molecular complexity index is 1410. The van der Waals surface area contributed by atoms with Crippen LogP contribution in [0, 0.1) is 0 Å². The van der Waals surface area contributed by atoms with Gasteiger partial charge < -0.3 is 25.5 Å². The number of nitrogens with zero attached hydrogens (tertiary/aromatic N) is 6. The Morgan fingerprint density at radius 3 is 2.62 bits per heavy atom. The molecule has 9 nitrogen and oxygen atoms in total. The van der Waals surface area contributed by atoms with Gasteiger partial charge >= 0.3 is 0 Å². The van der Waals surface area contributed by atoms with Crippen LogP contribution in [-0.2, 0) is 13.5 Å². The average Bonchev–Trinajstić information content (AvgIpc) is 3.29. The van der Waals surface area contributed by atoms with Gasteiger partial charge in [0, 0.05) is 55.9 Å². The second-order valence-electron chi connectivity index (χ2n) is 9.45. The van der Waals surface area contributed by atoms with Crippen LogP contribution in [0.25, 0.3) is 22.2 Å². The van der Waals surface area contributed by atoms with Crippen LogP contribution in [0.5, 0.6) is 0 Å². The normalized spacial score (nSPS) is 15.1. The first-order chi connectivity index (χ1) is 17.9. The molecular formula is C28H34N8O. The van der Waals surface area contributed by atoms with Crippen molar-refractivity contribution in [3.8, 4) is 11.3 Å². The second kappa shape index (κ2) is 10.6. The summed E-state index contributed by atoms with van der Waals surface area (Å²) < 4.78 is 1.86. The number of hydrogen-bond acceptors (Lipinski definition) is 8. The number of likely N-dealkylation sites (N-methyl/N-ethyl adjacent to an activating group) is 1. The minimum absolute atomic E-state index is 0.702. The first-order valence-electron chi connectivity index (χ1n) is 12.6. The number of hydrogen-bond donors (Lipinski definition) is 3. The summed E-state index contributed by atoms with van der Waals surface area (Å²) in [5, 5.41) is 22.4. The molecule has 0 amide bonds.